The van der Waals surface area contributed by atoms with Gasteiger partial charge in [0, 0.05) is 5.69 Å². The van der Waals surface area contributed by atoms with Gasteiger partial charge in [-0.1, -0.05) is 12.1 Å². The Kier molecular flexibility index (Phi) is 3.16. The van der Waals surface area contributed by atoms with Crippen molar-refractivity contribution in [3.05, 3.63) is 53.1 Å². The fourth-order valence-electron chi connectivity index (χ4n) is 2.75. The van der Waals surface area contributed by atoms with Crippen molar-refractivity contribution in [3.8, 4) is 0 Å². The van der Waals surface area contributed by atoms with Crippen molar-refractivity contribution in [2.24, 2.45) is 0 Å². The predicted octanol–water partition coefficient (Wildman–Crippen LogP) is 4.20. The van der Waals surface area contributed by atoms with E-state index in [4.69, 9.17) is 5.73 Å². The van der Waals surface area contributed by atoms with Crippen molar-refractivity contribution >= 4 is 17.1 Å². The zero-order valence-electron chi connectivity index (χ0n) is 11.4. The number of anilines is 3. The number of hydrogen-bond donors (Lipinski definition) is 2. The molecule has 0 heterocycles. The Labute approximate surface area is 114 Å². The van der Waals surface area contributed by atoms with Crippen LogP contribution < -0.4 is 11.1 Å². The highest BCUT2D eigenvalue weighted by atomic mass is 14.9. The van der Waals surface area contributed by atoms with E-state index in [1.54, 1.807) is 0 Å². The number of fused-ring (bicyclic) bond motifs is 1. The number of rotatable bonds is 2. The Bertz CT molecular complexity index is 602. The van der Waals surface area contributed by atoms with Crippen molar-refractivity contribution < 1.29 is 0 Å². The van der Waals surface area contributed by atoms with Gasteiger partial charge in [0.2, 0.25) is 0 Å². The van der Waals surface area contributed by atoms with Gasteiger partial charge in [-0.05, 0) is 73.6 Å². The van der Waals surface area contributed by atoms with E-state index in [-0.39, 0.29) is 0 Å². The maximum atomic E-state index is 6.01. The summed E-state index contributed by atoms with van der Waals surface area (Å²) >= 11 is 0. The maximum absolute atomic E-state index is 6.01. The number of nitrogen functional groups attached to an aromatic ring is 1. The standard InChI is InChI=1S/C17H20N2/c1-12-6-9-16(18)17(10-12)19-15-8-7-13-4-2-3-5-14(13)11-15/h6-11,19H,2-5,18H2,1H3. The lowest BCUT2D eigenvalue weighted by atomic mass is 9.91. The van der Waals surface area contributed by atoms with Crippen LogP contribution in [-0.2, 0) is 12.8 Å². The van der Waals surface area contributed by atoms with Crippen LogP contribution in [0.15, 0.2) is 36.4 Å². The first-order valence-electron chi connectivity index (χ1n) is 6.97. The molecule has 2 heteroatoms. The first-order chi connectivity index (χ1) is 9.22. The lowest BCUT2D eigenvalue weighted by Gasteiger charge is -2.17. The van der Waals surface area contributed by atoms with Gasteiger partial charge in [0.25, 0.3) is 0 Å². The quantitative estimate of drug-likeness (QED) is 0.786. The van der Waals surface area contributed by atoms with Gasteiger partial charge in [0.05, 0.1) is 11.4 Å². The molecule has 0 aliphatic heterocycles. The van der Waals surface area contributed by atoms with Gasteiger partial charge in [-0.2, -0.15) is 0 Å². The molecule has 1 aliphatic rings. The molecular formula is C17H20N2. The molecule has 0 radical (unpaired) electrons. The normalized spacial score (nSPS) is 13.9. The highest BCUT2D eigenvalue weighted by Crippen LogP contribution is 2.28. The predicted molar refractivity (Wildman–Crippen MR) is 82.0 cm³/mol. The molecule has 0 aromatic heterocycles. The average Bonchev–Trinajstić information content (AvgIpc) is 2.43. The Morgan fingerprint density at radius 3 is 2.58 bits per heavy atom. The van der Waals surface area contributed by atoms with Crippen molar-refractivity contribution in [1.82, 2.24) is 0 Å². The zero-order chi connectivity index (χ0) is 13.2. The summed E-state index contributed by atoms with van der Waals surface area (Å²) in [7, 11) is 0. The largest absolute Gasteiger partial charge is 0.397 e. The van der Waals surface area contributed by atoms with Crippen molar-refractivity contribution in [2.75, 3.05) is 11.1 Å². The van der Waals surface area contributed by atoms with E-state index in [9.17, 15) is 0 Å². The van der Waals surface area contributed by atoms with Gasteiger partial charge in [-0.15, -0.1) is 0 Å². The molecule has 0 saturated carbocycles. The Morgan fingerprint density at radius 1 is 0.947 bits per heavy atom. The molecule has 19 heavy (non-hydrogen) atoms. The van der Waals surface area contributed by atoms with E-state index >= 15 is 0 Å². The van der Waals surface area contributed by atoms with Crippen LogP contribution in [0.4, 0.5) is 17.1 Å². The van der Waals surface area contributed by atoms with Crippen LogP contribution >= 0.6 is 0 Å². The van der Waals surface area contributed by atoms with Crippen molar-refractivity contribution in [1.29, 1.82) is 0 Å². The van der Waals surface area contributed by atoms with E-state index in [1.165, 1.54) is 42.4 Å². The zero-order valence-corrected chi connectivity index (χ0v) is 11.4. The summed E-state index contributed by atoms with van der Waals surface area (Å²) in [5.41, 5.74) is 13.2. The van der Waals surface area contributed by atoms with Crippen LogP contribution in [0.1, 0.15) is 29.5 Å². The Hall–Kier alpha value is -1.96. The fourth-order valence-corrected chi connectivity index (χ4v) is 2.75. The molecule has 2 aromatic carbocycles. The molecule has 0 bridgehead atoms. The average molecular weight is 252 g/mol. The second kappa shape index (κ2) is 4.96. The van der Waals surface area contributed by atoms with Gasteiger partial charge in [0.1, 0.15) is 0 Å². The van der Waals surface area contributed by atoms with Gasteiger partial charge < -0.3 is 11.1 Å². The van der Waals surface area contributed by atoms with E-state index in [2.05, 4.69) is 36.5 Å². The molecule has 3 N–H and O–H groups in total. The summed E-state index contributed by atoms with van der Waals surface area (Å²) in [5.74, 6) is 0. The lowest BCUT2D eigenvalue weighted by Crippen LogP contribution is -2.03. The smallest absolute Gasteiger partial charge is 0.0620 e. The van der Waals surface area contributed by atoms with Crippen LogP contribution in [0.25, 0.3) is 0 Å². The van der Waals surface area contributed by atoms with Crippen LogP contribution in [0, 0.1) is 6.92 Å². The van der Waals surface area contributed by atoms with Crippen molar-refractivity contribution in [3.63, 3.8) is 0 Å². The second-order valence-electron chi connectivity index (χ2n) is 5.41. The first kappa shape index (κ1) is 12.1. The van der Waals surface area contributed by atoms with E-state index in [0.717, 1.165) is 17.1 Å². The fraction of sp³-hybridized carbons (Fsp3) is 0.294. The molecule has 3 rings (SSSR count). The van der Waals surface area contributed by atoms with Gasteiger partial charge in [-0.25, -0.2) is 0 Å². The highest BCUT2D eigenvalue weighted by molar-refractivity contribution is 5.73. The third kappa shape index (κ3) is 2.58. The number of aryl methyl sites for hydroxylation is 3. The minimum Gasteiger partial charge on any atom is -0.397 e. The first-order valence-corrected chi connectivity index (χ1v) is 6.97. The van der Waals surface area contributed by atoms with Crippen LogP contribution in [0.5, 0.6) is 0 Å². The monoisotopic (exact) mass is 252 g/mol. The summed E-state index contributed by atoms with van der Waals surface area (Å²) in [6, 6.07) is 12.8. The molecule has 0 fully saturated rings. The summed E-state index contributed by atoms with van der Waals surface area (Å²) < 4.78 is 0. The Morgan fingerprint density at radius 2 is 1.74 bits per heavy atom. The molecule has 2 nitrogen and oxygen atoms in total. The number of nitrogens with two attached hydrogens (primary N) is 1. The van der Waals surface area contributed by atoms with Crippen LogP contribution in [0.2, 0.25) is 0 Å². The van der Waals surface area contributed by atoms with Gasteiger partial charge in [-0.3, -0.25) is 0 Å². The Balaban J connectivity index is 1.89. The molecule has 1 aliphatic carbocycles. The highest BCUT2D eigenvalue weighted by Gasteiger charge is 2.09. The topological polar surface area (TPSA) is 38.0 Å². The lowest BCUT2D eigenvalue weighted by molar-refractivity contribution is 0.686. The summed E-state index contributed by atoms with van der Waals surface area (Å²) in [6.07, 6.45) is 5.06. The molecule has 0 unspecified atom stereocenters. The minimum absolute atomic E-state index is 0.795. The van der Waals surface area contributed by atoms with Crippen LogP contribution in [-0.4, -0.2) is 0 Å². The SMILES string of the molecule is Cc1ccc(N)c(Nc2ccc3c(c2)CCCC3)c1. The number of nitrogens with one attached hydrogen (secondary N) is 1. The van der Waals surface area contributed by atoms with Gasteiger partial charge in [0.15, 0.2) is 0 Å². The molecule has 0 spiro atoms. The second-order valence-corrected chi connectivity index (χ2v) is 5.41. The summed E-state index contributed by atoms with van der Waals surface area (Å²) in [6.45, 7) is 2.08. The van der Waals surface area contributed by atoms with Crippen molar-refractivity contribution in [2.45, 2.75) is 32.6 Å². The molecule has 98 valence electrons. The third-order valence-electron chi connectivity index (χ3n) is 3.84. The molecule has 0 saturated heterocycles. The van der Waals surface area contributed by atoms with Gasteiger partial charge >= 0.3 is 0 Å². The minimum atomic E-state index is 0.795. The molecular weight excluding hydrogens is 232 g/mol. The molecule has 0 amide bonds. The van der Waals surface area contributed by atoms with E-state index in [1.807, 2.05) is 12.1 Å². The third-order valence-corrected chi connectivity index (χ3v) is 3.84. The molecule has 0 atom stereocenters. The number of benzene rings is 2. The van der Waals surface area contributed by atoms with E-state index < -0.39 is 0 Å². The number of hydrogen-bond acceptors (Lipinski definition) is 2. The maximum Gasteiger partial charge on any atom is 0.0620 e. The summed E-state index contributed by atoms with van der Waals surface area (Å²) in [5, 5.41) is 3.44. The summed E-state index contributed by atoms with van der Waals surface area (Å²) in [4.78, 5) is 0. The van der Waals surface area contributed by atoms with E-state index in [0.29, 0.717) is 0 Å². The van der Waals surface area contributed by atoms with Crippen LogP contribution in [0.3, 0.4) is 0 Å². The molecule has 2 aromatic rings.